The third-order valence-electron chi connectivity index (χ3n) is 2.37. The summed E-state index contributed by atoms with van der Waals surface area (Å²) in [5.74, 6) is 0. The molecule has 1 rings (SSSR count). The van der Waals surface area contributed by atoms with Gasteiger partial charge >= 0.3 is 33.3 Å². The van der Waals surface area contributed by atoms with Crippen LogP contribution in [0.4, 0.5) is 0 Å². The van der Waals surface area contributed by atoms with Crippen molar-refractivity contribution in [3.05, 3.63) is 0 Å². The van der Waals surface area contributed by atoms with Crippen molar-refractivity contribution in [1.82, 2.24) is 21.3 Å². The van der Waals surface area contributed by atoms with E-state index in [0.29, 0.717) is 0 Å². The number of hydrogen-bond donors (Lipinski definition) is 4. The summed E-state index contributed by atoms with van der Waals surface area (Å²) in [5, 5.41) is 13.7. The molecule has 0 radical (unpaired) electrons. The van der Waals surface area contributed by atoms with E-state index in [9.17, 15) is 0 Å². The van der Waals surface area contributed by atoms with E-state index in [0.717, 1.165) is 52.4 Å². The van der Waals surface area contributed by atoms with Crippen molar-refractivity contribution in [2.24, 2.45) is 0 Å². The summed E-state index contributed by atoms with van der Waals surface area (Å²) in [4.78, 5) is 0. The Labute approximate surface area is 132 Å². The summed E-state index contributed by atoms with van der Waals surface area (Å²) in [7, 11) is 9.53. The van der Waals surface area contributed by atoms with Crippen LogP contribution in [0.2, 0.25) is 0 Å². The molecule has 0 saturated carbocycles. The molecule has 18 heavy (non-hydrogen) atoms. The fourth-order valence-corrected chi connectivity index (χ4v) is 1.53. The molecule has 1 aliphatic rings. The Hall–Kier alpha value is 1.23. The molecule has 113 valence electrons. The molecule has 0 aromatic carbocycles. The average molecular weight is 363 g/mol. The number of nitrogens with one attached hydrogen (secondary N) is 4. The van der Waals surface area contributed by atoms with Crippen molar-refractivity contribution in [3.8, 4) is 0 Å². The summed E-state index contributed by atoms with van der Waals surface area (Å²) < 4.78 is 0. The van der Waals surface area contributed by atoms with Gasteiger partial charge in [-0.25, -0.2) is 0 Å². The van der Waals surface area contributed by atoms with E-state index in [1.165, 1.54) is 12.8 Å². The van der Waals surface area contributed by atoms with E-state index in [4.69, 9.17) is 20.2 Å². The summed E-state index contributed by atoms with van der Waals surface area (Å²) in [5.41, 5.74) is 0. The number of rotatable bonds is 0. The van der Waals surface area contributed by atoms with Crippen LogP contribution in [0.1, 0.15) is 12.8 Å². The van der Waals surface area contributed by atoms with E-state index in [1.807, 2.05) is 0 Å². The van der Waals surface area contributed by atoms with Gasteiger partial charge in [-0.05, 0) is 39.0 Å². The number of halogens is 3. The van der Waals surface area contributed by atoms with Gasteiger partial charge in [0.15, 0.2) is 0 Å². The van der Waals surface area contributed by atoms with Gasteiger partial charge in [-0.1, -0.05) is 0 Å². The molecule has 0 bridgehead atoms. The first-order valence-electron chi connectivity index (χ1n) is 6.10. The van der Waals surface area contributed by atoms with Gasteiger partial charge in [-0.15, -0.1) is 0 Å². The minimum atomic E-state index is 0. The topological polar surface area (TPSA) is 48.1 Å². The van der Waals surface area contributed by atoms with Gasteiger partial charge in [0.25, 0.3) is 0 Å². The monoisotopic (exact) mass is 361 g/mol. The van der Waals surface area contributed by atoms with Crippen molar-refractivity contribution in [2.75, 3.05) is 52.4 Å². The average Bonchev–Trinajstić information content (AvgIpc) is 2.33. The second-order valence-corrected chi connectivity index (χ2v) is 5.58. The van der Waals surface area contributed by atoms with Crippen LogP contribution in [0.15, 0.2) is 0 Å². The minimum absolute atomic E-state index is 0. The van der Waals surface area contributed by atoms with Gasteiger partial charge in [0.1, 0.15) is 0 Å². The van der Waals surface area contributed by atoms with Crippen molar-refractivity contribution in [2.45, 2.75) is 12.8 Å². The predicted octanol–water partition coefficient (Wildman–Crippen LogP) is -2.48. The summed E-state index contributed by atoms with van der Waals surface area (Å²) in [6.45, 7) is 8.87. The van der Waals surface area contributed by atoms with E-state index < -0.39 is 0 Å². The number of hydrogen-bond acceptors (Lipinski definition) is 4. The molecular formula is C10H24Cl3FeN4. The maximum atomic E-state index is 4.76. The van der Waals surface area contributed by atoms with Crippen LogP contribution in [0.25, 0.3) is 0 Å². The first kappa shape index (κ1) is 21.5. The Morgan fingerprint density at radius 3 is 1.00 bits per heavy atom. The van der Waals surface area contributed by atoms with Gasteiger partial charge in [-0.2, -0.15) is 0 Å². The van der Waals surface area contributed by atoms with Crippen LogP contribution in [-0.4, -0.2) is 52.4 Å². The van der Waals surface area contributed by atoms with Crippen LogP contribution in [0, 0.1) is 0 Å². The molecule has 0 atom stereocenters. The third kappa shape index (κ3) is 19.6. The third-order valence-corrected chi connectivity index (χ3v) is 2.37. The Balaban J connectivity index is 0. The van der Waals surface area contributed by atoms with Crippen molar-refractivity contribution in [1.29, 1.82) is 0 Å². The van der Waals surface area contributed by atoms with Gasteiger partial charge in [-0.3, -0.25) is 0 Å². The Kier molecular flexibility index (Phi) is 24.6. The molecule has 1 fully saturated rings. The maximum absolute atomic E-state index is 4.76. The zero-order chi connectivity index (χ0) is 12.6. The van der Waals surface area contributed by atoms with E-state index in [2.05, 4.69) is 21.3 Å². The van der Waals surface area contributed by atoms with Crippen molar-refractivity contribution in [3.63, 3.8) is 0 Å². The Morgan fingerprint density at radius 1 is 0.556 bits per heavy atom. The molecule has 8 heteroatoms. The van der Waals surface area contributed by atoms with Gasteiger partial charge < -0.3 is 33.7 Å². The van der Waals surface area contributed by atoms with E-state index >= 15 is 0 Å². The molecule has 0 spiro atoms. The summed E-state index contributed by atoms with van der Waals surface area (Å²) in [6.07, 6.45) is 2.44. The van der Waals surface area contributed by atoms with Crippen LogP contribution >= 0.6 is 20.2 Å². The van der Waals surface area contributed by atoms with Crippen molar-refractivity contribution >= 4 is 20.2 Å². The van der Waals surface area contributed by atoms with Crippen LogP contribution in [0.5, 0.6) is 0 Å². The fraction of sp³-hybridized carbons (Fsp3) is 1.00. The molecule has 4 nitrogen and oxygen atoms in total. The zero-order valence-electron chi connectivity index (χ0n) is 10.6. The molecule has 0 aromatic rings. The summed E-state index contributed by atoms with van der Waals surface area (Å²) >= 11 is 0.194. The first-order chi connectivity index (χ1) is 8.41. The standard InChI is InChI=1S/C10H24N4.3ClH.Fe/c1-3-11-7-9-13-5-2-6-14-10-8-12-4-1;;;;/h11-14H,1-10H2;3*1H;/q;;;;+3/p-3. The molecule has 0 unspecified atom stereocenters. The zero-order valence-corrected chi connectivity index (χ0v) is 13.9. The first-order valence-corrected chi connectivity index (χ1v) is 9.13. The molecule has 1 saturated heterocycles. The summed E-state index contributed by atoms with van der Waals surface area (Å²) in [6, 6.07) is 0. The molecular weight excluding hydrogens is 338 g/mol. The predicted molar refractivity (Wildman–Crippen MR) is 72.4 cm³/mol. The molecule has 1 heterocycles. The molecule has 0 amide bonds. The Bertz CT molecular complexity index is 93.0. The van der Waals surface area contributed by atoms with E-state index in [1.54, 1.807) is 0 Å². The fourth-order valence-electron chi connectivity index (χ4n) is 1.53. The van der Waals surface area contributed by atoms with E-state index in [-0.39, 0.29) is 25.5 Å². The second-order valence-electron chi connectivity index (χ2n) is 3.76. The molecule has 1 aliphatic heterocycles. The normalized spacial score (nSPS) is 19.7. The quantitative estimate of drug-likeness (QED) is 0.361. The second kappa shape index (κ2) is 20.5. The van der Waals surface area contributed by atoms with Gasteiger partial charge in [0.05, 0.1) is 0 Å². The van der Waals surface area contributed by atoms with Crippen LogP contribution < -0.4 is 33.7 Å². The molecule has 4 N–H and O–H groups in total. The molecule has 0 aliphatic carbocycles. The Morgan fingerprint density at radius 2 is 0.778 bits per heavy atom. The van der Waals surface area contributed by atoms with Crippen molar-refractivity contribution < 1.29 is 25.5 Å². The molecule has 0 aromatic heterocycles. The van der Waals surface area contributed by atoms with Gasteiger partial charge in [0, 0.05) is 26.2 Å². The SMILES string of the molecule is C1CNCCNCCCNCCNC1.[Cl-].[Cl][Fe+][Cl]. The van der Waals surface area contributed by atoms with Gasteiger partial charge in [0.2, 0.25) is 0 Å². The van der Waals surface area contributed by atoms with Crippen LogP contribution in [0.3, 0.4) is 0 Å². The van der Waals surface area contributed by atoms with Crippen LogP contribution in [-0.2, 0) is 13.1 Å².